The molecule has 0 saturated carbocycles. The van der Waals surface area contributed by atoms with Crippen molar-refractivity contribution in [2.45, 2.75) is 19.5 Å². The number of rotatable bonds is 5. The fourth-order valence-electron chi connectivity index (χ4n) is 1.80. The summed E-state index contributed by atoms with van der Waals surface area (Å²) in [5.74, 6) is 0.484. The van der Waals surface area contributed by atoms with E-state index in [0.717, 1.165) is 0 Å². The van der Waals surface area contributed by atoms with E-state index < -0.39 is 5.97 Å². The molecule has 0 unspecified atom stereocenters. The first kappa shape index (κ1) is 13.4. The molecular weight excluding hydrogens is 242 g/mol. The van der Waals surface area contributed by atoms with Gasteiger partial charge in [0.15, 0.2) is 0 Å². The van der Waals surface area contributed by atoms with Gasteiger partial charge in [-0.2, -0.15) is 0 Å². The molecule has 19 heavy (non-hydrogen) atoms. The van der Waals surface area contributed by atoms with E-state index in [9.17, 15) is 4.79 Å². The van der Waals surface area contributed by atoms with Gasteiger partial charge in [-0.1, -0.05) is 30.3 Å². The fraction of sp³-hybridized carbons (Fsp3) is 0.267. The molecule has 0 bridgehead atoms. The number of benzene rings is 1. The second-order valence-corrected chi connectivity index (χ2v) is 4.27. The smallest absolute Gasteiger partial charge is 0.373 e. The zero-order valence-corrected chi connectivity index (χ0v) is 11.1. The van der Waals surface area contributed by atoms with Crippen molar-refractivity contribution in [3.8, 4) is 0 Å². The van der Waals surface area contributed by atoms with E-state index in [-0.39, 0.29) is 11.8 Å². The largest absolute Gasteiger partial charge is 0.463 e. The van der Waals surface area contributed by atoms with Crippen molar-refractivity contribution in [2.75, 3.05) is 7.11 Å². The quantitative estimate of drug-likeness (QED) is 0.839. The molecule has 0 radical (unpaired) electrons. The van der Waals surface area contributed by atoms with Crippen molar-refractivity contribution < 1.29 is 13.9 Å². The van der Waals surface area contributed by atoms with Crippen LogP contribution in [-0.4, -0.2) is 13.1 Å². The number of methoxy groups -OCH3 is 1. The predicted molar refractivity (Wildman–Crippen MR) is 71.7 cm³/mol. The van der Waals surface area contributed by atoms with E-state index in [2.05, 4.69) is 29.1 Å². The number of hydrogen-bond acceptors (Lipinski definition) is 4. The number of carbonyl (C=O) groups excluding carboxylic acids is 1. The van der Waals surface area contributed by atoms with E-state index in [1.165, 1.54) is 12.7 Å². The molecule has 2 aromatic rings. The third-order valence-electron chi connectivity index (χ3n) is 2.93. The van der Waals surface area contributed by atoms with Crippen molar-refractivity contribution in [3.05, 3.63) is 59.5 Å². The van der Waals surface area contributed by atoms with Gasteiger partial charge in [0.05, 0.1) is 13.7 Å². The van der Waals surface area contributed by atoms with Gasteiger partial charge in [-0.15, -0.1) is 0 Å². The SMILES string of the molecule is COC(=O)c1ccc(CN[C@H](C)c2ccccc2)o1. The Kier molecular flexibility index (Phi) is 4.36. The minimum atomic E-state index is -0.456. The number of esters is 1. The zero-order chi connectivity index (χ0) is 13.7. The molecule has 4 heteroatoms. The predicted octanol–water partition coefficient (Wildman–Crippen LogP) is 2.92. The third-order valence-corrected chi connectivity index (χ3v) is 2.93. The van der Waals surface area contributed by atoms with Crippen LogP contribution in [0.25, 0.3) is 0 Å². The van der Waals surface area contributed by atoms with E-state index in [4.69, 9.17) is 4.42 Å². The summed E-state index contributed by atoms with van der Waals surface area (Å²) in [6.07, 6.45) is 0. The van der Waals surface area contributed by atoms with Crippen molar-refractivity contribution in [1.82, 2.24) is 5.32 Å². The second kappa shape index (κ2) is 6.20. The summed E-state index contributed by atoms with van der Waals surface area (Å²) in [6, 6.07) is 13.8. The van der Waals surface area contributed by atoms with Crippen LogP contribution < -0.4 is 5.32 Å². The molecule has 0 saturated heterocycles. The lowest BCUT2D eigenvalue weighted by Crippen LogP contribution is -2.17. The maximum Gasteiger partial charge on any atom is 0.373 e. The molecule has 0 aliphatic heterocycles. The summed E-state index contributed by atoms with van der Waals surface area (Å²) in [5.41, 5.74) is 1.21. The number of carbonyl (C=O) groups is 1. The maximum absolute atomic E-state index is 11.2. The van der Waals surface area contributed by atoms with Crippen molar-refractivity contribution in [2.24, 2.45) is 0 Å². The first-order valence-electron chi connectivity index (χ1n) is 6.16. The van der Waals surface area contributed by atoms with Gasteiger partial charge in [0.25, 0.3) is 0 Å². The molecule has 0 spiro atoms. The van der Waals surface area contributed by atoms with Gasteiger partial charge in [-0.05, 0) is 24.6 Å². The van der Waals surface area contributed by atoms with Gasteiger partial charge in [0.1, 0.15) is 5.76 Å². The zero-order valence-electron chi connectivity index (χ0n) is 11.1. The number of hydrogen-bond donors (Lipinski definition) is 1. The molecular formula is C15H17NO3. The van der Waals surface area contributed by atoms with E-state index >= 15 is 0 Å². The van der Waals surface area contributed by atoms with Gasteiger partial charge >= 0.3 is 5.97 Å². The second-order valence-electron chi connectivity index (χ2n) is 4.27. The van der Waals surface area contributed by atoms with Crippen LogP contribution >= 0.6 is 0 Å². The molecule has 0 amide bonds. The standard InChI is InChI=1S/C15H17NO3/c1-11(12-6-4-3-5-7-12)16-10-13-8-9-14(19-13)15(17)18-2/h3-9,11,16H,10H2,1-2H3/t11-/m1/s1. The number of ether oxygens (including phenoxy) is 1. The summed E-state index contributed by atoms with van der Waals surface area (Å²) < 4.78 is 9.98. The lowest BCUT2D eigenvalue weighted by Gasteiger charge is -2.12. The summed E-state index contributed by atoms with van der Waals surface area (Å²) in [6.45, 7) is 2.65. The van der Waals surface area contributed by atoms with Crippen LogP contribution in [0.5, 0.6) is 0 Å². The highest BCUT2D eigenvalue weighted by Crippen LogP contribution is 2.14. The van der Waals surface area contributed by atoms with Crippen LogP contribution in [0.2, 0.25) is 0 Å². The van der Waals surface area contributed by atoms with Crippen molar-refractivity contribution >= 4 is 5.97 Å². The van der Waals surface area contributed by atoms with Crippen LogP contribution in [0.3, 0.4) is 0 Å². The van der Waals surface area contributed by atoms with Crippen molar-refractivity contribution in [1.29, 1.82) is 0 Å². The van der Waals surface area contributed by atoms with Crippen LogP contribution in [0.4, 0.5) is 0 Å². The lowest BCUT2D eigenvalue weighted by atomic mass is 10.1. The van der Waals surface area contributed by atoms with Gasteiger partial charge in [0.2, 0.25) is 5.76 Å². The minimum Gasteiger partial charge on any atom is -0.463 e. The van der Waals surface area contributed by atoms with E-state index in [1.807, 2.05) is 18.2 Å². The highest BCUT2D eigenvalue weighted by molar-refractivity contribution is 5.86. The monoisotopic (exact) mass is 259 g/mol. The first-order chi connectivity index (χ1) is 9.20. The Hall–Kier alpha value is -2.07. The molecule has 0 aliphatic carbocycles. The molecule has 0 aliphatic rings. The topological polar surface area (TPSA) is 51.5 Å². The average Bonchev–Trinajstić information content (AvgIpc) is 2.93. The molecule has 1 heterocycles. The van der Waals surface area contributed by atoms with Gasteiger partial charge in [0, 0.05) is 6.04 Å². The van der Waals surface area contributed by atoms with Crippen LogP contribution in [0, 0.1) is 0 Å². The Bertz CT molecular complexity index is 533. The molecule has 1 aromatic heterocycles. The number of nitrogens with one attached hydrogen (secondary N) is 1. The normalized spacial score (nSPS) is 12.1. The van der Waals surface area contributed by atoms with E-state index in [0.29, 0.717) is 12.3 Å². The van der Waals surface area contributed by atoms with Gasteiger partial charge in [-0.25, -0.2) is 4.79 Å². The average molecular weight is 259 g/mol. The highest BCUT2D eigenvalue weighted by atomic mass is 16.5. The van der Waals surface area contributed by atoms with Crippen molar-refractivity contribution in [3.63, 3.8) is 0 Å². The van der Waals surface area contributed by atoms with Crippen LogP contribution in [-0.2, 0) is 11.3 Å². The molecule has 1 N–H and O–H groups in total. The van der Waals surface area contributed by atoms with Crippen LogP contribution in [0.15, 0.2) is 46.9 Å². The fourth-order valence-corrected chi connectivity index (χ4v) is 1.80. The summed E-state index contributed by atoms with van der Waals surface area (Å²) in [4.78, 5) is 11.2. The Morgan fingerprint density at radius 3 is 2.68 bits per heavy atom. The molecule has 1 atom stereocenters. The summed E-state index contributed by atoms with van der Waals surface area (Å²) in [7, 11) is 1.33. The molecule has 0 fully saturated rings. The Balaban J connectivity index is 1.92. The molecule has 2 rings (SSSR count). The summed E-state index contributed by atoms with van der Waals surface area (Å²) in [5, 5.41) is 3.34. The lowest BCUT2D eigenvalue weighted by molar-refractivity contribution is 0.0563. The molecule has 1 aromatic carbocycles. The Morgan fingerprint density at radius 1 is 1.26 bits per heavy atom. The minimum absolute atomic E-state index is 0.216. The molecule has 100 valence electrons. The maximum atomic E-state index is 11.2. The summed E-state index contributed by atoms with van der Waals surface area (Å²) >= 11 is 0. The first-order valence-corrected chi connectivity index (χ1v) is 6.16. The van der Waals surface area contributed by atoms with Gasteiger partial charge in [-0.3, -0.25) is 0 Å². The van der Waals surface area contributed by atoms with Gasteiger partial charge < -0.3 is 14.5 Å². The highest BCUT2D eigenvalue weighted by Gasteiger charge is 2.11. The van der Waals surface area contributed by atoms with Crippen LogP contribution in [0.1, 0.15) is 34.8 Å². The van der Waals surface area contributed by atoms with E-state index in [1.54, 1.807) is 12.1 Å². The Labute approximate surface area is 112 Å². The number of furan rings is 1. The molecule has 4 nitrogen and oxygen atoms in total. The third kappa shape index (κ3) is 3.45. The Morgan fingerprint density at radius 2 is 2.00 bits per heavy atom.